The van der Waals surface area contributed by atoms with Crippen LogP contribution in [-0.2, 0) is 9.47 Å². The predicted octanol–water partition coefficient (Wildman–Crippen LogP) is 3.81. The van der Waals surface area contributed by atoms with Crippen molar-refractivity contribution in [3.05, 3.63) is 0 Å². The van der Waals surface area contributed by atoms with Crippen molar-refractivity contribution in [3.8, 4) is 0 Å². The van der Waals surface area contributed by atoms with Crippen LogP contribution in [0.1, 0.15) is 80.1 Å². The summed E-state index contributed by atoms with van der Waals surface area (Å²) in [7, 11) is 0. The number of fused-ring (bicyclic) bond motifs is 4. The first kappa shape index (κ1) is 29.1. The Morgan fingerprint density at radius 2 is 1.00 bits per heavy atom. The number of amides is 2. The number of rotatable bonds is 0. The summed E-state index contributed by atoms with van der Waals surface area (Å²) in [5.41, 5.74) is 11.1. The van der Waals surface area contributed by atoms with Gasteiger partial charge >= 0.3 is 12.2 Å². The van der Waals surface area contributed by atoms with E-state index >= 15 is 0 Å². The molecule has 0 aromatic rings. The number of nitrogens with two attached hydrogens (primary N) is 2. The third-order valence-corrected chi connectivity index (χ3v) is 6.38. The molecule has 4 N–H and O–H groups in total. The second-order valence-corrected chi connectivity index (χ2v) is 11.2. The Labute approximate surface area is 204 Å². The van der Waals surface area contributed by atoms with Crippen molar-refractivity contribution in [2.75, 3.05) is 0 Å². The third-order valence-electron chi connectivity index (χ3n) is 6.38. The minimum absolute atomic E-state index is 0. The predicted molar refractivity (Wildman–Crippen MR) is 129 cm³/mol. The summed E-state index contributed by atoms with van der Waals surface area (Å²) in [6.45, 7) is 11.4. The lowest BCUT2D eigenvalue weighted by atomic mass is 9.97. The number of hydrogen-bond donors (Lipinski definition) is 2. The van der Waals surface area contributed by atoms with Gasteiger partial charge in [0.25, 0.3) is 0 Å². The molecule has 2 amide bonds. The van der Waals surface area contributed by atoms with E-state index in [-0.39, 0.29) is 61.2 Å². The van der Waals surface area contributed by atoms with Crippen LogP contribution in [-0.4, -0.2) is 69.4 Å². The number of halogens is 2. The minimum atomic E-state index is -0.413. The van der Waals surface area contributed by atoms with E-state index in [1.165, 1.54) is 0 Å². The Hall–Kier alpha value is -0.960. The SMILES string of the molecule is CC(C)(C)OC(=O)N1[C@@H]2CC[C@H]1[C@@H](N)C2.CC(C)(C)OC(=O)N1[C@H]2CC[C@@H]1[C@H](N)C2.Cl.Cl. The molecule has 6 atom stereocenters. The number of hydrogen-bond acceptors (Lipinski definition) is 6. The second kappa shape index (κ2) is 10.5. The van der Waals surface area contributed by atoms with Gasteiger partial charge in [-0.1, -0.05) is 0 Å². The molecule has 4 rings (SSSR count). The van der Waals surface area contributed by atoms with E-state index in [2.05, 4.69) is 0 Å². The standard InChI is InChI=1S/2C11H20N2O2.2ClH/c2*1-11(2,3)15-10(14)13-7-4-5-9(13)8(12)6-7;;/h2*7-9H,4-6,12H2,1-3H3;2*1H/t2*7-,8+,9+;;/m10../s1. The Morgan fingerprint density at radius 1 is 0.688 bits per heavy atom. The van der Waals surface area contributed by atoms with Crippen LogP contribution in [0.5, 0.6) is 0 Å². The smallest absolute Gasteiger partial charge is 0.410 e. The fourth-order valence-electron chi connectivity index (χ4n) is 5.27. The van der Waals surface area contributed by atoms with Crippen LogP contribution in [0.3, 0.4) is 0 Å². The molecule has 32 heavy (non-hydrogen) atoms. The first-order chi connectivity index (χ1) is 13.8. The van der Waals surface area contributed by atoms with E-state index in [1.807, 2.05) is 51.3 Å². The average Bonchev–Trinajstić information content (AvgIpc) is 3.28. The zero-order valence-corrected chi connectivity index (χ0v) is 21.8. The van der Waals surface area contributed by atoms with Gasteiger partial charge < -0.3 is 30.7 Å². The van der Waals surface area contributed by atoms with Crippen LogP contribution < -0.4 is 11.5 Å². The summed E-state index contributed by atoms with van der Waals surface area (Å²) < 4.78 is 10.8. The van der Waals surface area contributed by atoms with Gasteiger partial charge in [-0.3, -0.25) is 0 Å². The highest BCUT2D eigenvalue weighted by Crippen LogP contribution is 2.38. The number of carbonyl (C=O) groups excluding carboxylic acids is 2. The van der Waals surface area contributed by atoms with Gasteiger partial charge in [0.2, 0.25) is 0 Å². The van der Waals surface area contributed by atoms with Crippen molar-refractivity contribution in [1.82, 2.24) is 9.80 Å². The molecule has 10 heteroatoms. The van der Waals surface area contributed by atoms with Gasteiger partial charge in [-0.05, 0) is 80.1 Å². The fraction of sp³-hybridized carbons (Fsp3) is 0.909. The zero-order valence-electron chi connectivity index (χ0n) is 20.2. The van der Waals surface area contributed by atoms with Crippen LogP contribution in [0.25, 0.3) is 0 Å². The molecule has 0 aromatic carbocycles. The van der Waals surface area contributed by atoms with E-state index in [9.17, 15) is 9.59 Å². The Bertz CT molecular complexity index is 611. The number of nitrogens with zero attached hydrogens (tertiary/aromatic N) is 2. The quantitative estimate of drug-likeness (QED) is 0.527. The molecule has 4 heterocycles. The molecule has 0 radical (unpaired) electrons. The molecule has 4 aliphatic rings. The van der Waals surface area contributed by atoms with E-state index in [0.29, 0.717) is 12.1 Å². The summed E-state index contributed by atoms with van der Waals surface area (Å²) in [4.78, 5) is 27.5. The normalized spacial score (nSPS) is 32.5. The highest BCUT2D eigenvalue weighted by atomic mass is 35.5. The summed E-state index contributed by atoms with van der Waals surface area (Å²) in [5.74, 6) is 0. The number of ether oxygens (including phenoxy) is 2. The maximum atomic E-state index is 11.9. The van der Waals surface area contributed by atoms with Crippen molar-refractivity contribution >= 4 is 37.0 Å². The summed E-state index contributed by atoms with van der Waals surface area (Å²) in [6, 6.07) is 1.36. The third kappa shape index (κ3) is 6.55. The van der Waals surface area contributed by atoms with Gasteiger partial charge in [0.05, 0.1) is 12.1 Å². The molecule has 0 spiro atoms. The average molecular weight is 498 g/mol. The molecule has 0 aliphatic carbocycles. The van der Waals surface area contributed by atoms with Gasteiger partial charge in [-0.15, -0.1) is 24.8 Å². The molecule has 4 fully saturated rings. The van der Waals surface area contributed by atoms with E-state index in [0.717, 1.165) is 38.5 Å². The van der Waals surface area contributed by atoms with E-state index < -0.39 is 11.2 Å². The van der Waals surface area contributed by atoms with Crippen LogP contribution in [0.4, 0.5) is 9.59 Å². The van der Waals surface area contributed by atoms with E-state index in [1.54, 1.807) is 0 Å². The minimum Gasteiger partial charge on any atom is -0.444 e. The molecule has 0 aromatic heterocycles. The molecule has 0 unspecified atom stereocenters. The largest absolute Gasteiger partial charge is 0.444 e. The Kier molecular flexibility index (Phi) is 9.57. The maximum Gasteiger partial charge on any atom is 0.410 e. The van der Waals surface area contributed by atoms with Crippen molar-refractivity contribution < 1.29 is 19.1 Å². The highest BCUT2D eigenvalue weighted by Gasteiger charge is 2.49. The van der Waals surface area contributed by atoms with E-state index in [4.69, 9.17) is 20.9 Å². The van der Waals surface area contributed by atoms with Crippen molar-refractivity contribution in [2.24, 2.45) is 11.5 Å². The van der Waals surface area contributed by atoms with Crippen LogP contribution in [0.15, 0.2) is 0 Å². The summed E-state index contributed by atoms with van der Waals surface area (Å²) in [6.07, 6.45) is 5.71. The first-order valence-electron chi connectivity index (χ1n) is 11.3. The molecule has 0 saturated carbocycles. The van der Waals surface area contributed by atoms with Crippen LogP contribution >= 0.6 is 24.8 Å². The van der Waals surface area contributed by atoms with Crippen molar-refractivity contribution in [2.45, 2.75) is 128 Å². The maximum absolute atomic E-state index is 11.9. The van der Waals surface area contributed by atoms with Gasteiger partial charge in [0.1, 0.15) is 11.2 Å². The lowest BCUT2D eigenvalue weighted by molar-refractivity contribution is 0.0202. The zero-order chi connectivity index (χ0) is 22.4. The molecule has 188 valence electrons. The topological polar surface area (TPSA) is 111 Å². The summed E-state index contributed by atoms with van der Waals surface area (Å²) >= 11 is 0. The highest BCUT2D eigenvalue weighted by molar-refractivity contribution is 5.85. The Morgan fingerprint density at radius 3 is 1.19 bits per heavy atom. The molecule has 4 aliphatic heterocycles. The fourth-order valence-corrected chi connectivity index (χ4v) is 5.27. The lowest BCUT2D eigenvalue weighted by Crippen LogP contribution is -2.43. The second-order valence-electron chi connectivity index (χ2n) is 11.2. The van der Waals surface area contributed by atoms with Crippen molar-refractivity contribution in [1.29, 1.82) is 0 Å². The molecular weight excluding hydrogens is 455 g/mol. The number of carbonyl (C=O) groups is 2. The van der Waals surface area contributed by atoms with Gasteiger partial charge in [-0.2, -0.15) is 0 Å². The molecule has 4 bridgehead atoms. The van der Waals surface area contributed by atoms with Gasteiger partial charge in [0.15, 0.2) is 0 Å². The monoisotopic (exact) mass is 496 g/mol. The van der Waals surface area contributed by atoms with Gasteiger partial charge in [0, 0.05) is 24.2 Å². The van der Waals surface area contributed by atoms with Crippen LogP contribution in [0.2, 0.25) is 0 Å². The Balaban J connectivity index is 0.000000301. The molecular formula is C22H42Cl2N4O4. The summed E-state index contributed by atoms with van der Waals surface area (Å²) in [5, 5.41) is 0. The molecule has 4 saturated heterocycles. The lowest BCUT2D eigenvalue weighted by Gasteiger charge is -2.27. The molecule has 8 nitrogen and oxygen atoms in total. The van der Waals surface area contributed by atoms with Gasteiger partial charge in [-0.25, -0.2) is 9.59 Å². The first-order valence-corrected chi connectivity index (χ1v) is 11.3. The van der Waals surface area contributed by atoms with Crippen LogP contribution in [0, 0.1) is 0 Å². The van der Waals surface area contributed by atoms with Crippen molar-refractivity contribution in [3.63, 3.8) is 0 Å².